The number of nitrogens with zero attached hydrogens (tertiary/aromatic N) is 2. The van der Waals surface area contributed by atoms with Gasteiger partial charge in [0.15, 0.2) is 0 Å². The number of anilines is 1. The lowest BCUT2D eigenvalue weighted by atomic mass is 10.2. The smallest absolute Gasteiger partial charge is 0.253 e. The van der Waals surface area contributed by atoms with E-state index in [2.05, 4.69) is 10.3 Å². The standard InChI is InChI=1S/C11H17N3O/c1-4-12-10-8-9(6-7-13-10)11(15)14(3)5-2/h6-8H,4-5H2,1-3H3,(H,12,13). The number of rotatable bonds is 4. The number of hydrogen-bond acceptors (Lipinski definition) is 3. The Morgan fingerprint density at radius 3 is 2.87 bits per heavy atom. The lowest BCUT2D eigenvalue weighted by Crippen LogP contribution is -2.26. The summed E-state index contributed by atoms with van der Waals surface area (Å²) in [6.45, 7) is 5.45. The van der Waals surface area contributed by atoms with Crippen molar-refractivity contribution in [1.29, 1.82) is 0 Å². The SMILES string of the molecule is CCNc1cc(C(=O)N(C)CC)ccn1. The summed E-state index contributed by atoms with van der Waals surface area (Å²) in [7, 11) is 1.79. The first kappa shape index (κ1) is 11.5. The average Bonchev–Trinajstić information content (AvgIpc) is 2.28. The highest BCUT2D eigenvalue weighted by atomic mass is 16.2. The maximum atomic E-state index is 11.8. The van der Waals surface area contributed by atoms with Gasteiger partial charge in [0, 0.05) is 31.9 Å². The van der Waals surface area contributed by atoms with Crippen LogP contribution in [0.25, 0.3) is 0 Å². The van der Waals surface area contributed by atoms with Crippen LogP contribution in [0.1, 0.15) is 24.2 Å². The van der Waals surface area contributed by atoms with Crippen LogP contribution in [-0.2, 0) is 0 Å². The zero-order chi connectivity index (χ0) is 11.3. The Morgan fingerprint density at radius 2 is 2.27 bits per heavy atom. The molecular formula is C11H17N3O. The highest BCUT2D eigenvalue weighted by Gasteiger charge is 2.10. The van der Waals surface area contributed by atoms with Gasteiger partial charge in [0.1, 0.15) is 5.82 Å². The van der Waals surface area contributed by atoms with Gasteiger partial charge in [-0.15, -0.1) is 0 Å². The van der Waals surface area contributed by atoms with Crippen LogP contribution in [0.3, 0.4) is 0 Å². The summed E-state index contributed by atoms with van der Waals surface area (Å²) in [5.74, 6) is 0.770. The average molecular weight is 207 g/mol. The van der Waals surface area contributed by atoms with Crippen molar-refractivity contribution in [2.75, 3.05) is 25.5 Å². The van der Waals surface area contributed by atoms with Crippen LogP contribution in [0.15, 0.2) is 18.3 Å². The van der Waals surface area contributed by atoms with Crippen LogP contribution in [0.5, 0.6) is 0 Å². The van der Waals surface area contributed by atoms with E-state index >= 15 is 0 Å². The monoisotopic (exact) mass is 207 g/mol. The van der Waals surface area contributed by atoms with E-state index in [4.69, 9.17) is 0 Å². The fraction of sp³-hybridized carbons (Fsp3) is 0.455. The van der Waals surface area contributed by atoms with Gasteiger partial charge in [-0.2, -0.15) is 0 Å². The summed E-state index contributed by atoms with van der Waals surface area (Å²) in [5, 5.41) is 3.08. The number of aromatic nitrogens is 1. The summed E-state index contributed by atoms with van der Waals surface area (Å²) in [5.41, 5.74) is 0.672. The van der Waals surface area contributed by atoms with E-state index in [-0.39, 0.29) is 5.91 Å². The number of carbonyl (C=O) groups excluding carboxylic acids is 1. The van der Waals surface area contributed by atoms with Crippen LogP contribution in [0.4, 0.5) is 5.82 Å². The van der Waals surface area contributed by atoms with Crippen molar-refractivity contribution in [2.24, 2.45) is 0 Å². The van der Waals surface area contributed by atoms with E-state index in [0.29, 0.717) is 12.1 Å². The van der Waals surface area contributed by atoms with Crippen molar-refractivity contribution in [3.8, 4) is 0 Å². The first-order valence-corrected chi connectivity index (χ1v) is 5.14. The van der Waals surface area contributed by atoms with Gasteiger partial charge in [-0.1, -0.05) is 0 Å². The van der Waals surface area contributed by atoms with E-state index in [1.165, 1.54) is 0 Å². The lowest BCUT2D eigenvalue weighted by molar-refractivity contribution is 0.0802. The predicted molar refractivity (Wildman–Crippen MR) is 61.0 cm³/mol. The van der Waals surface area contributed by atoms with Gasteiger partial charge in [-0.05, 0) is 26.0 Å². The number of pyridine rings is 1. The molecule has 1 rings (SSSR count). The molecule has 1 N–H and O–H groups in total. The Hall–Kier alpha value is -1.58. The largest absolute Gasteiger partial charge is 0.370 e. The van der Waals surface area contributed by atoms with E-state index in [9.17, 15) is 4.79 Å². The molecule has 0 atom stereocenters. The van der Waals surface area contributed by atoms with Crippen molar-refractivity contribution in [3.05, 3.63) is 23.9 Å². The molecule has 0 aliphatic rings. The molecule has 0 unspecified atom stereocenters. The van der Waals surface area contributed by atoms with E-state index in [0.717, 1.165) is 12.4 Å². The van der Waals surface area contributed by atoms with E-state index < -0.39 is 0 Å². The number of amides is 1. The third kappa shape index (κ3) is 2.94. The second-order valence-electron chi connectivity index (χ2n) is 3.28. The molecule has 82 valence electrons. The van der Waals surface area contributed by atoms with Gasteiger partial charge in [0.25, 0.3) is 5.91 Å². The minimum Gasteiger partial charge on any atom is -0.370 e. The molecule has 1 aromatic rings. The highest BCUT2D eigenvalue weighted by molar-refractivity contribution is 5.94. The van der Waals surface area contributed by atoms with Crippen molar-refractivity contribution in [1.82, 2.24) is 9.88 Å². The molecule has 0 fully saturated rings. The zero-order valence-electron chi connectivity index (χ0n) is 9.45. The highest BCUT2D eigenvalue weighted by Crippen LogP contribution is 2.08. The van der Waals surface area contributed by atoms with Crippen molar-refractivity contribution in [2.45, 2.75) is 13.8 Å². The molecule has 0 bridgehead atoms. The minimum absolute atomic E-state index is 0.0269. The van der Waals surface area contributed by atoms with Gasteiger partial charge in [0.2, 0.25) is 0 Å². The molecule has 4 heteroatoms. The maximum absolute atomic E-state index is 11.8. The summed E-state index contributed by atoms with van der Waals surface area (Å²) < 4.78 is 0. The zero-order valence-corrected chi connectivity index (χ0v) is 9.45. The van der Waals surface area contributed by atoms with E-state index in [1.807, 2.05) is 13.8 Å². The number of carbonyl (C=O) groups is 1. The minimum atomic E-state index is 0.0269. The summed E-state index contributed by atoms with van der Waals surface area (Å²) in [6, 6.07) is 3.51. The fourth-order valence-corrected chi connectivity index (χ4v) is 1.21. The van der Waals surface area contributed by atoms with Gasteiger partial charge >= 0.3 is 0 Å². The lowest BCUT2D eigenvalue weighted by Gasteiger charge is -2.14. The molecule has 0 spiro atoms. The molecule has 0 aliphatic carbocycles. The fourth-order valence-electron chi connectivity index (χ4n) is 1.21. The van der Waals surface area contributed by atoms with Crippen molar-refractivity contribution >= 4 is 11.7 Å². The molecule has 1 heterocycles. The van der Waals surface area contributed by atoms with Crippen LogP contribution in [-0.4, -0.2) is 35.9 Å². The molecule has 1 aromatic heterocycles. The predicted octanol–water partition coefficient (Wildman–Crippen LogP) is 1.61. The van der Waals surface area contributed by atoms with Crippen LogP contribution in [0.2, 0.25) is 0 Å². The Bertz CT molecular complexity index is 338. The molecule has 0 saturated carbocycles. The maximum Gasteiger partial charge on any atom is 0.253 e. The van der Waals surface area contributed by atoms with Crippen molar-refractivity contribution in [3.63, 3.8) is 0 Å². The summed E-state index contributed by atoms with van der Waals surface area (Å²) in [6.07, 6.45) is 1.65. The second kappa shape index (κ2) is 5.34. The molecule has 0 aromatic carbocycles. The van der Waals surface area contributed by atoms with Crippen LogP contribution in [0, 0.1) is 0 Å². The van der Waals surface area contributed by atoms with Gasteiger partial charge in [-0.3, -0.25) is 4.79 Å². The quantitative estimate of drug-likeness (QED) is 0.815. The molecule has 4 nitrogen and oxygen atoms in total. The molecule has 1 amide bonds. The second-order valence-corrected chi connectivity index (χ2v) is 3.28. The van der Waals surface area contributed by atoms with Gasteiger partial charge in [-0.25, -0.2) is 4.98 Å². The van der Waals surface area contributed by atoms with Crippen LogP contribution < -0.4 is 5.32 Å². The third-order valence-corrected chi connectivity index (χ3v) is 2.19. The number of hydrogen-bond donors (Lipinski definition) is 1. The number of nitrogens with one attached hydrogen (secondary N) is 1. The Labute approximate surface area is 90.3 Å². The first-order valence-electron chi connectivity index (χ1n) is 5.14. The molecule has 0 radical (unpaired) electrons. The first-order chi connectivity index (χ1) is 7.19. The van der Waals surface area contributed by atoms with Crippen LogP contribution >= 0.6 is 0 Å². The normalized spacial score (nSPS) is 9.80. The third-order valence-electron chi connectivity index (χ3n) is 2.19. The molecular weight excluding hydrogens is 190 g/mol. The summed E-state index contributed by atoms with van der Waals surface area (Å²) >= 11 is 0. The summed E-state index contributed by atoms with van der Waals surface area (Å²) in [4.78, 5) is 17.6. The topological polar surface area (TPSA) is 45.2 Å². The Balaban J connectivity index is 2.85. The molecule has 0 saturated heterocycles. The van der Waals surface area contributed by atoms with E-state index in [1.54, 1.807) is 30.3 Å². The van der Waals surface area contributed by atoms with Gasteiger partial charge in [0.05, 0.1) is 0 Å². The Morgan fingerprint density at radius 1 is 1.53 bits per heavy atom. The van der Waals surface area contributed by atoms with Crippen molar-refractivity contribution < 1.29 is 4.79 Å². The Kier molecular flexibility index (Phi) is 4.09. The molecule has 15 heavy (non-hydrogen) atoms. The molecule has 0 aliphatic heterocycles. The van der Waals surface area contributed by atoms with Gasteiger partial charge < -0.3 is 10.2 Å².